The number of rotatable bonds is 1. The van der Waals surface area contributed by atoms with Gasteiger partial charge in [-0.1, -0.05) is 19.1 Å². The number of likely N-dealkylation sites (N-methyl/N-ethyl adjacent to an activating group) is 1. The van der Waals surface area contributed by atoms with E-state index in [0.29, 0.717) is 4.32 Å². The van der Waals surface area contributed by atoms with Crippen molar-refractivity contribution in [3.8, 4) is 0 Å². The second-order valence-electron chi connectivity index (χ2n) is 2.84. The summed E-state index contributed by atoms with van der Waals surface area (Å²) in [5.74, 6) is 0. The standard InChI is InChI=1S/C7H11NOS2/c1-4-7(2)5(9)11-6(10)8(7)3/h4H2,1-3H3. The van der Waals surface area contributed by atoms with Crippen molar-refractivity contribution in [3.05, 3.63) is 0 Å². The van der Waals surface area contributed by atoms with Crippen molar-refractivity contribution in [2.45, 2.75) is 25.8 Å². The highest BCUT2D eigenvalue weighted by atomic mass is 32.2. The molecule has 11 heavy (non-hydrogen) atoms. The van der Waals surface area contributed by atoms with E-state index in [9.17, 15) is 4.79 Å². The molecule has 0 aromatic heterocycles. The smallest absolute Gasteiger partial charge is 0.221 e. The summed E-state index contributed by atoms with van der Waals surface area (Å²) >= 11 is 6.18. The van der Waals surface area contributed by atoms with Crippen LogP contribution in [-0.2, 0) is 4.79 Å². The van der Waals surface area contributed by atoms with Crippen LogP contribution in [0, 0.1) is 0 Å². The van der Waals surface area contributed by atoms with E-state index in [1.165, 1.54) is 11.8 Å². The molecule has 1 heterocycles. The van der Waals surface area contributed by atoms with Gasteiger partial charge in [-0.15, -0.1) is 0 Å². The number of carbonyl (C=O) groups excluding carboxylic acids is 1. The third-order valence-electron chi connectivity index (χ3n) is 2.32. The first-order valence-electron chi connectivity index (χ1n) is 3.52. The molecule has 1 unspecified atom stereocenters. The van der Waals surface area contributed by atoms with Crippen molar-refractivity contribution < 1.29 is 4.79 Å². The molecule has 4 heteroatoms. The van der Waals surface area contributed by atoms with Gasteiger partial charge in [0.15, 0.2) is 0 Å². The van der Waals surface area contributed by atoms with E-state index < -0.39 is 0 Å². The third kappa shape index (κ3) is 1.18. The van der Waals surface area contributed by atoms with Gasteiger partial charge in [0.05, 0.1) is 0 Å². The summed E-state index contributed by atoms with van der Waals surface area (Å²) in [7, 11) is 1.88. The van der Waals surface area contributed by atoms with Gasteiger partial charge in [0.1, 0.15) is 9.86 Å². The molecule has 1 fully saturated rings. The van der Waals surface area contributed by atoms with Gasteiger partial charge in [0, 0.05) is 7.05 Å². The van der Waals surface area contributed by atoms with E-state index >= 15 is 0 Å². The average Bonchev–Trinajstić information content (AvgIpc) is 2.16. The molecule has 2 nitrogen and oxygen atoms in total. The maximum atomic E-state index is 11.4. The van der Waals surface area contributed by atoms with Gasteiger partial charge in [0.2, 0.25) is 5.12 Å². The summed E-state index contributed by atoms with van der Waals surface area (Å²) in [6, 6.07) is 0. The molecular weight excluding hydrogens is 178 g/mol. The molecule has 62 valence electrons. The van der Waals surface area contributed by atoms with Crippen molar-refractivity contribution in [1.29, 1.82) is 0 Å². The zero-order chi connectivity index (χ0) is 8.65. The maximum absolute atomic E-state index is 11.4. The fourth-order valence-electron chi connectivity index (χ4n) is 0.978. The van der Waals surface area contributed by atoms with Crippen LogP contribution in [0.5, 0.6) is 0 Å². The molecule has 1 rings (SSSR count). The zero-order valence-electron chi connectivity index (χ0n) is 6.88. The van der Waals surface area contributed by atoms with Crippen molar-refractivity contribution in [2.75, 3.05) is 7.05 Å². The lowest BCUT2D eigenvalue weighted by Crippen LogP contribution is -2.43. The highest BCUT2D eigenvalue weighted by Crippen LogP contribution is 2.35. The normalized spacial score (nSPS) is 31.7. The predicted molar refractivity (Wildman–Crippen MR) is 51.7 cm³/mol. The van der Waals surface area contributed by atoms with Crippen LogP contribution < -0.4 is 0 Å². The van der Waals surface area contributed by atoms with Crippen LogP contribution >= 0.6 is 24.0 Å². The Morgan fingerprint density at radius 1 is 1.73 bits per heavy atom. The lowest BCUT2D eigenvalue weighted by atomic mass is 10.00. The maximum Gasteiger partial charge on any atom is 0.221 e. The molecule has 1 aliphatic rings. The SMILES string of the molecule is CCC1(C)C(=O)SC(=S)N1C. The molecular formula is C7H11NOS2. The van der Waals surface area contributed by atoms with Crippen LogP contribution in [0.15, 0.2) is 0 Å². The van der Waals surface area contributed by atoms with Gasteiger partial charge < -0.3 is 4.90 Å². The lowest BCUT2D eigenvalue weighted by molar-refractivity contribution is -0.117. The van der Waals surface area contributed by atoms with Crippen molar-refractivity contribution in [3.63, 3.8) is 0 Å². The Bertz CT molecular complexity index is 216. The molecule has 1 aliphatic heterocycles. The van der Waals surface area contributed by atoms with E-state index in [1.807, 2.05) is 25.8 Å². The fourth-order valence-corrected chi connectivity index (χ4v) is 2.40. The minimum atomic E-state index is -0.359. The van der Waals surface area contributed by atoms with E-state index in [4.69, 9.17) is 12.2 Å². The summed E-state index contributed by atoms with van der Waals surface area (Å²) < 4.78 is 0.694. The van der Waals surface area contributed by atoms with Crippen LogP contribution in [-0.4, -0.2) is 26.9 Å². The first kappa shape index (κ1) is 9.00. The second kappa shape index (κ2) is 2.75. The summed E-state index contributed by atoms with van der Waals surface area (Å²) in [6.07, 6.45) is 0.815. The zero-order valence-corrected chi connectivity index (χ0v) is 8.51. The van der Waals surface area contributed by atoms with E-state index in [-0.39, 0.29) is 10.7 Å². The summed E-state index contributed by atoms with van der Waals surface area (Å²) in [4.78, 5) is 13.3. The largest absolute Gasteiger partial charge is 0.347 e. The van der Waals surface area contributed by atoms with Crippen LogP contribution in [0.2, 0.25) is 0 Å². The molecule has 0 aromatic rings. The van der Waals surface area contributed by atoms with E-state index in [0.717, 1.165) is 6.42 Å². The van der Waals surface area contributed by atoms with Gasteiger partial charge in [0.25, 0.3) is 0 Å². The Hall–Kier alpha value is -0.0900. The Kier molecular flexibility index (Phi) is 2.25. The van der Waals surface area contributed by atoms with Crippen molar-refractivity contribution in [1.82, 2.24) is 4.90 Å². The fraction of sp³-hybridized carbons (Fsp3) is 0.714. The summed E-state index contributed by atoms with van der Waals surface area (Å²) in [5, 5.41) is 0.174. The molecule has 0 radical (unpaired) electrons. The quantitative estimate of drug-likeness (QED) is 0.584. The van der Waals surface area contributed by atoms with Crippen LogP contribution in [0.25, 0.3) is 0 Å². The molecule has 0 spiro atoms. The molecule has 0 N–H and O–H groups in total. The predicted octanol–water partition coefficient (Wildman–Crippen LogP) is 1.65. The molecule has 0 amide bonds. The third-order valence-corrected chi connectivity index (χ3v) is 3.92. The lowest BCUT2D eigenvalue weighted by Gasteiger charge is -2.28. The van der Waals surface area contributed by atoms with Gasteiger partial charge in [-0.25, -0.2) is 0 Å². The van der Waals surface area contributed by atoms with Crippen LogP contribution in [0.4, 0.5) is 0 Å². The Balaban J connectivity index is 2.96. The number of thioether (sulfide) groups is 1. The van der Waals surface area contributed by atoms with Gasteiger partial charge in [-0.3, -0.25) is 4.79 Å². The summed E-state index contributed by atoms with van der Waals surface area (Å²) in [6.45, 7) is 3.94. The number of thiocarbonyl (C=S) groups is 1. The summed E-state index contributed by atoms with van der Waals surface area (Å²) in [5.41, 5.74) is -0.359. The Labute approximate surface area is 76.3 Å². The van der Waals surface area contributed by atoms with Crippen LogP contribution in [0.1, 0.15) is 20.3 Å². The van der Waals surface area contributed by atoms with E-state index in [2.05, 4.69) is 0 Å². The van der Waals surface area contributed by atoms with E-state index in [1.54, 1.807) is 0 Å². The van der Waals surface area contributed by atoms with Gasteiger partial charge >= 0.3 is 0 Å². The monoisotopic (exact) mass is 189 g/mol. The highest BCUT2D eigenvalue weighted by Gasteiger charge is 2.44. The Morgan fingerprint density at radius 2 is 2.27 bits per heavy atom. The topological polar surface area (TPSA) is 20.3 Å². The molecule has 0 bridgehead atoms. The Morgan fingerprint density at radius 3 is 2.45 bits per heavy atom. The molecule has 1 saturated heterocycles. The molecule has 0 saturated carbocycles. The number of carbonyl (C=O) groups is 1. The minimum absolute atomic E-state index is 0.174. The highest BCUT2D eigenvalue weighted by molar-refractivity contribution is 8.33. The number of nitrogens with zero attached hydrogens (tertiary/aromatic N) is 1. The van der Waals surface area contributed by atoms with Gasteiger partial charge in [-0.05, 0) is 25.1 Å². The second-order valence-corrected chi connectivity index (χ2v) is 4.45. The molecule has 0 aromatic carbocycles. The van der Waals surface area contributed by atoms with Crippen molar-refractivity contribution >= 4 is 33.4 Å². The first-order chi connectivity index (χ1) is 5.02. The molecule has 0 aliphatic carbocycles. The molecule has 1 atom stereocenters. The van der Waals surface area contributed by atoms with Crippen molar-refractivity contribution in [2.24, 2.45) is 0 Å². The number of hydrogen-bond donors (Lipinski definition) is 0. The number of hydrogen-bond acceptors (Lipinski definition) is 3. The average molecular weight is 189 g/mol. The first-order valence-corrected chi connectivity index (χ1v) is 4.75. The minimum Gasteiger partial charge on any atom is -0.347 e. The van der Waals surface area contributed by atoms with Gasteiger partial charge in [-0.2, -0.15) is 0 Å². The van der Waals surface area contributed by atoms with Crippen LogP contribution in [0.3, 0.4) is 0 Å².